The van der Waals surface area contributed by atoms with Gasteiger partial charge < -0.3 is 9.47 Å². The molecule has 150 valence electrons. The van der Waals surface area contributed by atoms with Crippen molar-refractivity contribution in [3.8, 4) is 11.5 Å². The predicted octanol–water partition coefficient (Wildman–Crippen LogP) is 2.11. The monoisotopic (exact) mass is 405 g/mol. The van der Waals surface area contributed by atoms with Crippen LogP contribution in [-0.2, 0) is 10.0 Å². The number of rotatable bonds is 7. The van der Waals surface area contributed by atoms with Gasteiger partial charge >= 0.3 is 0 Å². The average Bonchev–Trinajstić information content (AvgIpc) is 2.71. The van der Waals surface area contributed by atoms with E-state index in [2.05, 4.69) is 10.5 Å². The first-order chi connectivity index (χ1) is 13.2. The number of nitrogens with zero attached hydrogens (tertiary/aromatic N) is 2. The van der Waals surface area contributed by atoms with Crippen LogP contribution in [0.25, 0.3) is 0 Å². The fourth-order valence-corrected chi connectivity index (χ4v) is 3.18. The molecule has 0 aromatic heterocycles. The lowest BCUT2D eigenvalue weighted by molar-refractivity contribution is 0.0954. The minimum atomic E-state index is -3.49. The molecule has 0 aliphatic rings. The normalized spacial score (nSPS) is 12.0. The molecule has 2 aromatic rings. The van der Waals surface area contributed by atoms with Crippen molar-refractivity contribution in [3.63, 3.8) is 0 Å². The number of benzene rings is 2. The standard InChI is InChI=1S/C19H23N3O5S/c1-13(14-6-8-18(9-7-14)28(24,25)22(2)3)20-21-19(23)15-10-16(26-4)12-17(11-15)27-5/h6-12H,1-5H3,(H,21,23)/b20-13-. The molecule has 0 unspecified atom stereocenters. The molecule has 0 bridgehead atoms. The minimum Gasteiger partial charge on any atom is -0.497 e. The molecule has 2 rings (SSSR count). The van der Waals surface area contributed by atoms with Crippen molar-refractivity contribution in [2.75, 3.05) is 28.3 Å². The van der Waals surface area contributed by atoms with Gasteiger partial charge in [-0.2, -0.15) is 5.10 Å². The number of sulfonamides is 1. The van der Waals surface area contributed by atoms with E-state index >= 15 is 0 Å². The highest BCUT2D eigenvalue weighted by Gasteiger charge is 2.17. The Kier molecular flexibility index (Phi) is 6.76. The molecule has 1 N–H and O–H groups in total. The van der Waals surface area contributed by atoms with Crippen LogP contribution >= 0.6 is 0 Å². The summed E-state index contributed by atoms with van der Waals surface area (Å²) in [6.45, 7) is 1.71. The van der Waals surface area contributed by atoms with Crippen LogP contribution in [0.5, 0.6) is 11.5 Å². The number of carbonyl (C=O) groups is 1. The van der Waals surface area contributed by atoms with Crippen molar-refractivity contribution < 1.29 is 22.7 Å². The number of ether oxygens (including phenoxy) is 2. The molecule has 0 atom stereocenters. The van der Waals surface area contributed by atoms with Gasteiger partial charge in [-0.25, -0.2) is 18.1 Å². The Morgan fingerprint density at radius 1 is 0.964 bits per heavy atom. The molecule has 1 amide bonds. The van der Waals surface area contributed by atoms with Gasteiger partial charge in [0, 0.05) is 25.7 Å². The van der Waals surface area contributed by atoms with Gasteiger partial charge in [0.25, 0.3) is 5.91 Å². The second-order valence-electron chi connectivity index (χ2n) is 6.05. The molecule has 0 aliphatic heterocycles. The van der Waals surface area contributed by atoms with E-state index in [4.69, 9.17) is 9.47 Å². The molecular formula is C19H23N3O5S. The van der Waals surface area contributed by atoms with E-state index in [0.717, 1.165) is 4.31 Å². The van der Waals surface area contributed by atoms with Crippen molar-refractivity contribution in [1.29, 1.82) is 0 Å². The summed E-state index contributed by atoms with van der Waals surface area (Å²) in [5.74, 6) is 0.550. The van der Waals surface area contributed by atoms with Gasteiger partial charge in [-0.15, -0.1) is 0 Å². The Morgan fingerprint density at radius 3 is 1.96 bits per heavy atom. The highest BCUT2D eigenvalue weighted by molar-refractivity contribution is 7.89. The molecule has 9 heteroatoms. The van der Waals surface area contributed by atoms with E-state index in [1.165, 1.54) is 40.4 Å². The van der Waals surface area contributed by atoms with Gasteiger partial charge in [0.05, 0.1) is 24.8 Å². The molecule has 0 saturated heterocycles. The molecule has 0 saturated carbocycles. The minimum absolute atomic E-state index is 0.182. The molecular weight excluding hydrogens is 382 g/mol. The fourth-order valence-electron chi connectivity index (χ4n) is 2.28. The summed E-state index contributed by atoms with van der Waals surface area (Å²) in [5, 5.41) is 4.08. The number of hydrogen-bond acceptors (Lipinski definition) is 6. The maximum atomic E-state index is 12.4. The van der Waals surface area contributed by atoms with Crippen LogP contribution in [0.1, 0.15) is 22.8 Å². The smallest absolute Gasteiger partial charge is 0.271 e. The lowest BCUT2D eigenvalue weighted by Gasteiger charge is -2.11. The fraction of sp³-hybridized carbons (Fsp3) is 0.263. The van der Waals surface area contributed by atoms with Crippen molar-refractivity contribution in [2.24, 2.45) is 5.10 Å². The lowest BCUT2D eigenvalue weighted by Crippen LogP contribution is -2.22. The summed E-state index contributed by atoms with van der Waals surface area (Å²) < 4.78 is 35.7. The predicted molar refractivity (Wildman–Crippen MR) is 107 cm³/mol. The topological polar surface area (TPSA) is 97.3 Å². The Bertz CT molecular complexity index is 961. The van der Waals surface area contributed by atoms with Crippen molar-refractivity contribution in [3.05, 3.63) is 53.6 Å². The lowest BCUT2D eigenvalue weighted by atomic mass is 10.1. The average molecular weight is 405 g/mol. The summed E-state index contributed by atoms with van der Waals surface area (Å²) >= 11 is 0. The molecule has 8 nitrogen and oxygen atoms in total. The number of methoxy groups -OCH3 is 2. The van der Waals surface area contributed by atoms with E-state index in [1.54, 1.807) is 37.3 Å². The van der Waals surface area contributed by atoms with E-state index < -0.39 is 15.9 Å². The SMILES string of the molecule is COc1cc(OC)cc(C(=O)N/N=C(/C)c2ccc(S(=O)(=O)N(C)C)cc2)c1. The first-order valence-electron chi connectivity index (χ1n) is 8.29. The first-order valence-corrected chi connectivity index (χ1v) is 9.73. The summed E-state index contributed by atoms with van der Waals surface area (Å²) in [6, 6.07) is 11.1. The third-order valence-corrected chi connectivity index (χ3v) is 5.82. The van der Waals surface area contributed by atoms with Gasteiger partial charge in [0.15, 0.2) is 0 Å². The number of hydrogen-bond donors (Lipinski definition) is 1. The van der Waals surface area contributed by atoms with Crippen LogP contribution in [-0.4, -0.2) is 52.7 Å². The Morgan fingerprint density at radius 2 is 1.50 bits per heavy atom. The van der Waals surface area contributed by atoms with E-state index in [-0.39, 0.29) is 4.90 Å². The maximum Gasteiger partial charge on any atom is 0.271 e. The molecule has 0 aliphatic carbocycles. The second kappa shape index (κ2) is 8.85. The van der Waals surface area contributed by atoms with Gasteiger partial charge in [-0.1, -0.05) is 12.1 Å². The van der Waals surface area contributed by atoms with Crippen molar-refractivity contribution in [2.45, 2.75) is 11.8 Å². The van der Waals surface area contributed by atoms with E-state index in [1.807, 2.05) is 0 Å². The highest BCUT2D eigenvalue weighted by Crippen LogP contribution is 2.22. The number of hydrazone groups is 1. The Balaban J connectivity index is 2.17. The van der Waals surface area contributed by atoms with E-state index in [9.17, 15) is 13.2 Å². The molecule has 0 spiro atoms. The molecule has 0 fully saturated rings. The molecule has 0 heterocycles. The van der Waals surface area contributed by atoms with Crippen molar-refractivity contribution in [1.82, 2.24) is 9.73 Å². The van der Waals surface area contributed by atoms with Crippen LogP contribution in [0, 0.1) is 0 Å². The van der Waals surface area contributed by atoms with Crippen molar-refractivity contribution >= 4 is 21.6 Å². The summed E-state index contributed by atoms with van der Waals surface area (Å²) in [7, 11) is 2.45. The quantitative estimate of drug-likeness (QED) is 0.562. The van der Waals surface area contributed by atoms with Crippen LogP contribution < -0.4 is 14.9 Å². The third kappa shape index (κ3) is 4.87. The van der Waals surface area contributed by atoms with Gasteiger partial charge in [0.1, 0.15) is 11.5 Å². The zero-order valence-electron chi connectivity index (χ0n) is 16.4. The highest BCUT2D eigenvalue weighted by atomic mass is 32.2. The van der Waals surface area contributed by atoms with Gasteiger partial charge in [0.2, 0.25) is 10.0 Å². The second-order valence-corrected chi connectivity index (χ2v) is 8.20. The Labute approximate surface area is 164 Å². The number of carbonyl (C=O) groups excluding carboxylic acids is 1. The summed E-state index contributed by atoms with van der Waals surface area (Å²) in [5.41, 5.74) is 4.01. The van der Waals surface area contributed by atoms with Gasteiger partial charge in [-0.05, 0) is 36.8 Å². The zero-order valence-corrected chi connectivity index (χ0v) is 17.2. The van der Waals surface area contributed by atoms with E-state index in [0.29, 0.717) is 28.3 Å². The molecule has 2 aromatic carbocycles. The summed E-state index contributed by atoms with van der Waals surface area (Å²) in [6.07, 6.45) is 0. The molecule has 0 radical (unpaired) electrons. The van der Waals surface area contributed by atoms with Gasteiger partial charge in [-0.3, -0.25) is 4.79 Å². The number of amides is 1. The van der Waals surface area contributed by atoms with Crippen LogP contribution in [0.4, 0.5) is 0 Å². The Hall–Kier alpha value is -2.91. The first kappa shape index (κ1) is 21.4. The maximum absolute atomic E-state index is 12.4. The third-order valence-electron chi connectivity index (χ3n) is 3.99. The largest absolute Gasteiger partial charge is 0.497 e. The zero-order chi connectivity index (χ0) is 20.9. The summed E-state index contributed by atoms with van der Waals surface area (Å²) in [4.78, 5) is 12.5. The number of nitrogens with one attached hydrogen (secondary N) is 1. The molecule has 28 heavy (non-hydrogen) atoms. The van der Waals surface area contributed by atoms with Crippen LogP contribution in [0.2, 0.25) is 0 Å². The van der Waals surface area contributed by atoms with Crippen LogP contribution in [0.3, 0.4) is 0 Å². The van der Waals surface area contributed by atoms with Crippen LogP contribution in [0.15, 0.2) is 52.5 Å².